The fourth-order valence-corrected chi connectivity index (χ4v) is 3.73. The number of benzene rings is 2. The summed E-state index contributed by atoms with van der Waals surface area (Å²) >= 11 is 0. The number of para-hydroxylation sites is 1. The van der Waals surface area contributed by atoms with Crippen LogP contribution in [0.2, 0.25) is 0 Å². The van der Waals surface area contributed by atoms with E-state index < -0.39 is 5.91 Å². The number of imidazole rings is 1. The fourth-order valence-electron chi connectivity index (χ4n) is 3.73. The Morgan fingerprint density at radius 1 is 0.970 bits per heavy atom. The highest BCUT2D eigenvalue weighted by molar-refractivity contribution is 5.90. The molecule has 9 heteroatoms. The van der Waals surface area contributed by atoms with Crippen LogP contribution < -0.4 is 10.7 Å². The highest BCUT2D eigenvalue weighted by atomic mass is 16.5. The van der Waals surface area contributed by atoms with E-state index in [0.29, 0.717) is 19.2 Å². The standard InChI is InChI=1S/C24H23N7O2/c25-23(32)22-16-29(17-27-22)19-8-6-18(7-9-19)21-10-11-26-24(28-21)31(20-4-2-1-3-5-20)30-12-14-33-15-13-30/h1-11,16-17H,12-15H2,(H2,25,32). The lowest BCUT2D eigenvalue weighted by molar-refractivity contribution is 0.0371. The molecule has 2 aromatic heterocycles. The lowest BCUT2D eigenvalue weighted by Gasteiger charge is -2.37. The average Bonchev–Trinajstić information content (AvgIpc) is 3.37. The second kappa shape index (κ2) is 9.19. The van der Waals surface area contributed by atoms with Crippen molar-refractivity contribution in [3.63, 3.8) is 0 Å². The molecule has 5 rings (SSSR count). The predicted octanol–water partition coefficient (Wildman–Crippen LogP) is 2.81. The molecule has 1 aliphatic rings. The molecule has 1 fully saturated rings. The van der Waals surface area contributed by atoms with Crippen LogP contribution in [0.5, 0.6) is 0 Å². The van der Waals surface area contributed by atoms with Gasteiger partial charge in [-0.2, -0.15) is 0 Å². The molecule has 0 atom stereocenters. The highest BCUT2D eigenvalue weighted by Crippen LogP contribution is 2.27. The summed E-state index contributed by atoms with van der Waals surface area (Å²) in [6.07, 6.45) is 4.95. The maximum absolute atomic E-state index is 11.3. The van der Waals surface area contributed by atoms with Gasteiger partial charge in [-0.3, -0.25) is 4.79 Å². The van der Waals surface area contributed by atoms with Gasteiger partial charge in [0.1, 0.15) is 12.0 Å². The van der Waals surface area contributed by atoms with Crippen LogP contribution in [0, 0.1) is 0 Å². The first kappa shape index (κ1) is 20.8. The lowest BCUT2D eigenvalue weighted by atomic mass is 10.1. The molecule has 0 unspecified atom stereocenters. The van der Waals surface area contributed by atoms with E-state index in [9.17, 15) is 4.79 Å². The smallest absolute Gasteiger partial charge is 0.268 e. The SMILES string of the molecule is NC(=O)c1cn(-c2ccc(-c3ccnc(N(c4ccccc4)N4CCOCC4)n3)cc2)cn1. The fraction of sp³-hybridized carbons (Fsp3) is 0.167. The van der Waals surface area contributed by atoms with E-state index in [-0.39, 0.29) is 5.69 Å². The largest absolute Gasteiger partial charge is 0.379 e. The van der Waals surface area contributed by atoms with Gasteiger partial charge in [-0.1, -0.05) is 30.3 Å². The van der Waals surface area contributed by atoms with Crippen molar-refractivity contribution in [3.8, 4) is 16.9 Å². The van der Waals surface area contributed by atoms with Crippen LogP contribution >= 0.6 is 0 Å². The van der Waals surface area contributed by atoms with Gasteiger partial charge in [-0.25, -0.2) is 25.0 Å². The number of nitrogens with zero attached hydrogens (tertiary/aromatic N) is 6. The Kier molecular flexibility index (Phi) is 5.79. The van der Waals surface area contributed by atoms with Crippen molar-refractivity contribution in [2.24, 2.45) is 5.73 Å². The van der Waals surface area contributed by atoms with E-state index in [1.807, 2.05) is 60.7 Å². The maximum Gasteiger partial charge on any atom is 0.268 e. The van der Waals surface area contributed by atoms with Gasteiger partial charge < -0.3 is 15.0 Å². The van der Waals surface area contributed by atoms with E-state index in [2.05, 4.69) is 20.0 Å². The number of ether oxygens (including phenoxy) is 1. The van der Waals surface area contributed by atoms with E-state index in [4.69, 9.17) is 15.5 Å². The summed E-state index contributed by atoms with van der Waals surface area (Å²) in [4.78, 5) is 24.8. The number of primary amides is 1. The summed E-state index contributed by atoms with van der Waals surface area (Å²) in [7, 11) is 0. The van der Waals surface area contributed by atoms with Crippen LogP contribution in [-0.2, 0) is 4.74 Å². The molecule has 0 spiro atoms. The van der Waals surface area contributed by atoms with E-state index in [0.717, 1.165) is 35.7 Å². The molecular weight excluding hydrogens is 418 g/mol. The molecule has 0 saturated carbocycles. The molecular formula is C24H23N7O2. The van der Waals surface area contributed by atoms with E-state index >= 15 is 0 Å². The summed E-state index contributed by atoms with van der Waals surface area (Å²) in [6.45, 7) is 2.84. The second-order valence-corrected chi connectivity index (χ2v) is 7.53. The highest BCUT2D eigenvalue weighted by Gasteiger charge is 2.23. The number of nitrogens with two attached hydrogens (primary N) is 1. The number of hydrogen-bond acceptors (Lipinski definition) is 7. The van der Waals surface area contributed by atoms with Crippen molar-refractivity contribution in [2.45, 2.75) is 0 Å². The first-order chi connectivity index (χ1) is 16.2. The summed E-state index contributed by atoms with van der Waals surface area (Å²) < 4.78 is 7.29. The lowest BCUT2D eigenvalue weighted by Crippen LogP contribution is -2.47. The molecule has 33 heavy (non-hydrogen) atoms. The molecule has 0 bridgehead atoms. The minimum atomic E-state index is -0.554. The Bertz CT molecular complexity index is 1240. The van der Waals surface area contributed by atoms with Gasteiger partial charge in [0.15, 0.2) is 0 Å². The molecule has 9 nitrogen and oxygen atoms in total. The van der Waals surface area contributed by atoms with Crippen molar-refractivity contribution in [1.29, 1.82) is 0 Å². The first-order valence-corrected chi connectivity index (χ1v) is 10.6. The van der Waals surface area contributed by atoms with E-state index in [1.165, 1.54) is 0 Å². The number of hydrogen-bond donors (Lipinski definition) is 1. The zero-order chi connectivity index (χ0) is 22.6. The van der Waals surface area contributed by atoms with Crippen LogP contribution in [-0.4, -0.2) is 56.7 Å². The Labute approximate surface area is 191 Å². The van der Waals surface area contributed by atoms with Crippen LogP contribution in [0.15, 0.2) is 79.4 Å². The molecule has 1 aliphatic heterocycles. The van der Waals surface area contributed by atoms with Crippen LogP contribution in [0.3, 0.4) is 0 Å². The molecule has 2 aromatic carbocycles. The maximum atomic E-state index is 11.3. The van der Waals surface area contributed by atoms with Gasteiger partial charge in [0.2, 0.25) is 5.95 Å². The quantitative estimate of drug-likeness (QED) is 0.491. The second-order valence-electron chi connectivity index (χ2n) is 7.53. The molecule has 2 N–H and O–H groups in total. The van der Waals surface area contributed by atoms with Crippen molar-refractivity contribution >= 4 is 17.5 Å². The summed E-state index contributed by atoms with van der Waals surface area (Å²) in [5.74, 6) is 0.0486. The number of hydrazine groups is 1. The number of morpholine rings is 1. The van der Waals surface area contributed by atoms with Crippen molar-refractivity contribution in [3.05, 3.63) is 85.1 Å². The molecule has 4 aromatic rings. The van der Waals surface area contributed by atoms with Gasteiger partial charge in [0.25, 0.3) is 5.91 Å². The minimum absolute atomic E-state index is 0.226. The predicted molar refractivity (Wildman–Crippen MR) is 124 cm³/mol. The Morgan fingerprint density at radius 2 is 1.73 bits per heavy atom. The van der Waals surface area contributed by atoms with Crippen LogP contribution in [0.1, 0.15) is 10.5 Å². The Balaban J connectivity index is 1.45. The van der Waals surface area contributed by atoms with Crippen LogP contribution in [0.25, 0.3) is 16.9 Å². The van der Waals surface area contributed by atoms with Gasteiger partial charge in [-0.05, 0) is 30.3 Å². The molecule has 1 amide bonds. The Morgan fingerprint density at radius 3 is 2.42 bits per heavy atom. The van der Waals surface area contributed by atoms with E-state index in [1.54, 1.807) is 23.3 Å². The number of amides is 1. The van der Waals surface area contributed by atoms with Crippen molar-refractivity contribution < 1.29 is 9.53 Å². The van der Waals surface area contributed by atoms with Crippen molar-refractivity contribution in [2.75, 3.05) is 31.3 Å². The number of carbonyl (C=O) groups is 1. The third kappa shape index (κ3) is 4.45. The molecule has 3 heterocycles. The summed E-state index contributed by atoms with van der Waals surface area (Å²) in [6, 6.07) is 19.8. The molecule has 166 valence electrons. The zero-order valence-electron chi connectivity index (χ0n) is 17.9. The van der Waals surface area contributed by atoms with Gasteiger partial charge in [0.05, 0.1) is 24.6 Å². The monoisotopic (exact) mass is 441 g/mol. The topological polar surface area (TPSA) is 102 Å². The van der Waals surface area contributed by atoms with Gasteiger partial charge in [-0.15, -0.1) is 0 Å². The first-order valence-electron chi connectivity index (χ1n) is 10.6. The number of aromatic nitrogens is 4. The molecule has 0 aliphatic carbocycles. The Hall–Kier alpha value is -4.08. The minimum Gasteiger partial charge on any atom is -0.379 e. The zero-order valence-corrected chi connectivity index (χ0v) is 17.9. The molecule has 1 saturated heterocycles. The normalized spacial score (nSPS) is 14.2. The average molecular weight is 441 g/mol. The van der Waals surface area contributed by atoms with Crippen LogP contribution in [0.4, 0.5) is 11.6 Å². The van der Waals surface area contributed by atoms with Gasteiger partial charge >= 0.3 is 0 Å². The third-order valence-corrected chi connectivity index (χ3v) is 5.40. The number of rotatable bonds is 6. The van der Waals surface area contributed by atoms with Gasteiger partial charge in [0, 0.05) is 36.7 Å². The molecule has 0 radical (unpaired) electrons. The third-order valence-electron chi connectivity index (χ3n) is 5.40. The number of carbonyl (C=O) groups excluding carboxylic acids is 1. The number of anilines is 2. The summed E-state index contributed by atoms with van der Waals surface area (Å²) in [5.41, 5.74) is 9.15. The van der Waals surface area contributed by atoms with Crippen molar-refractivity contribution in [1.82, 2.24) is 24.5 Å². The summed E-state index contributed by atoms with van der Waals surface area (Å²) in [5, 5.41) is 4.26.